The summed E-state index contributed by atoms with van der Waals surface area (Å²) < 4.78 is 0. The van der Waals surface area contributed by atoms with Crippen molar-refractivity contribution in [2.75, 3.05) is 0 Å². The van der Waals surface area contributed by atoms with Gasteiger partial charge in [0, 0.05) is 17.1 Å². The fraction of sp³-hybridized carbons (Fsp3) is 0.267. The van der Waals surface area contributed by atoms with E-state index in [1.165, 1.54) is 6.20 Å². The van der Waals surface area contributed by atoms with Crippen molar-refractivity contribution in [3.63, 3.8) is 0 Å². The van der Waals surface area contributed by atoms with E-state index in [1.807, 2.05) is 37.4 Å². The molecule has 20 heavy (non-hydrogen) atoms. The standard InChI is InChI=1S/C15H15N3OS/c1-11(2)18(10-13-4-3-7-20-13)15(19)14-6-5-12(8-16)9-17-14/h3-7,9,11H,10H2,1-2H3. The molecule has 1 amide bonds. The average molecular weight is 285 g/mol. The van der Waals surface area contributed by atoms with E-state index in [0.29, 0.717) is 17.8 Å². The van der Waals surface area contributed by atoms with E-state index in [0.717, 1.165) is 4.88 Å². The second-order valence-electron chi connectivity index (χ2n) is 4.65. The Kier molecular flexibility index (Phi) is 4.49. The number of hydrogen-bond acceptors (Lipinski definition) is 4. The highest BCUT2D eigenvalue weighted by molar-refractivity contribution is 7.09. The summed E-state index contributed by atoms with van der Waals surface area (Å²) in [5.41, 5.74) is 0.824. The quantitative estimate of drug-likeness (QED) is 0.867. The number of hydrogen-bond donors (Lipinski definition) is 0. The van der Waals surface area contributed by atoms with E-state index in [2.05, 4.69) is 4.98 Å². The molecule has 102 valence electrons. The van der Waals surface area contributed by atoms with Gasteiger partial charge in [0.2, 0.25) is 0 Å². The van der Waals surface area contributed by atoms with Crippen molar-refractivity contribution in [1.29, 1.82) is 5.26 Å². The molecule has 2 aromatic rings. The first kappa shape index (κ1) is 14.2. The molecule has 0 radical (unpaired) electrons. The maximum absolute atomic E-state index is 12.5. The maximum atomic E-state index is 12.5. The second-order valence-corrected chi connectivity index (χ2v) is 5.68. The summed E-state index contributed by atoms with van der Waals surface area (Å²) in [5.74, 6) is -0.113. The SMILES string of the molecule is CC(C)N(Cc1cccs1)C(=O)c1ccc(C#N)cn1. The summed E-state index contributed by atoms with van der Waals surface area (Å²) in [7, 11) is 0. The summed E-state index contributed by atoms with van der Waals surface area (Å²) in [5, 5.41) is 10.8. The van der Waals surface area contributed by atoms with Crippen LogP contribution < -0.4 is 0 Å². The fourth-order valence-electron chi connectivity index (χ4n) is 1.79. The largest absolute Gasteiger partial charge is 0.330 e. The second kappa shape index (κ2) is 6.31. The van der Waals surface area contributed by atoms with Crippen LogP contribution in [0.2, 0.25) is 0 Å². The highest BCUT2D eigenvalue weighted by Gasteiger charge is 2.20. The molecule has 5 heteroatoms. The first-order chi connectivity index (χ1) is 9.61. The molecule has 0 unspecified atom stereocenters. The number of nitriles is 1. The van der Waals surface area contributed by atoms with Gasteiger partial charge in [-0.1, -0.05) is 6.07 Å². The fourth-order valence-corrected chi connectivity index (χ4v) is 2.50. The molecule has 0 bridgehead atoms. The van der Waals surface area contributed by atoms with Gasteiger partial charge in [-0.25, -0.2) is 4.98 Å². The summed E-state index contributed by atoms with van der Waals surface area (Å²) in [6.45, 7) is 4.54. The van der Waals surface area contributed by atoms with Crippen LogP contribution in [-0.4, -0.2) is 21.8 Å². The number of aromatic nitrogens is 1. The number of carbonyl (C=O) groups excluding carboxylic acids is 1. The predicted octanol–water partition coefficient (Wildman–Crippen LogP) is 3.07. The Balaban J connectivity index is 2.20. The summed E-state index contributed by atoms with van der Waals surface area (Å²) >= 11 is 1.63. The Morgan fingerprint density at radius 1 is 1.45 bits per heavy atom. The van der Waals surface area contributed by atoms with E-state index < -0.39 is 0 Å². The molecular formula is C15H15N3OS. The Labute approximate surface area is 122 Å². The monoisotopic (exact) mass is 285 g/mol. The van der Waals surface area contributed by atoms with Crippen molar-refractivity contribution in [2.24, 2.45) is 0 Å². The van der Waals surface area contributed by atoms with Crippen LogP contribution in [0.4, 0.5) is 0 Å². The van der Waals surface area contributed by atoms with E-state index >= 15 is 0 Å². The predicted molar refractivity (Wildman–Crippen MR) is 78.3 cm³/mol. The van der Waals surface area contributed by atoms with E-state index in [1.54, 1.807) is 28.4 Å². The number of nitrogens with zero attached hydrogens (tertiary/aromatic N) is 3. The van der Waals surface area contributed by atoms with Gasteiger partial charge in [-0.05, 0) is 37.4 Å². The number of rotatable bonds is 4. The molecule has 2 rings (SSSR count). The molecular weight excluding hydrogens is 270 g/mol. The molecule has 2 heterocycles. The number of carbonyl (C=O) groups is 1. The molecule has 0 saturated carbocycles. The van der Waals surface area contributed by atoms with Gasteiger partial charge < -0.3 is 4.90 Å². The highest BCUT2D eigenvalue weighted by Crippen LogP contribution is 2.16. The van der Waals surface area contributed by atoms with Crippen molar-refractivity contribution >= 4 is 17.2 Å². The molecule has 2 aromatic heterocycles. The van der Waals surface area contributed by atoms with Gasteiger partial charge in [0.25, 0.3) is 5.91 Å². The molecule has 0 aromatic carbocycles. The van der Waals surface area contributed by atoms with Gasteiger partial charge in [0.15, 0.2) is 0 Å². The zero-order valence-electron chi connectivity index (χ0n) is 11.4. The first-order valence-corrected chi connectivity index (χ1v) is 7.19. The Morgan fingerprint density at radius 3 is 2.75 bits per heavy atom. The normalized spacial score (nSPS) is 10.3. The first-order valence-electron chi connectivity index (χ1n) is 6.31. The van der Waals surface area contributed by atoms with Crippen molar-refractivity contribution in [3.05, 3.63) is 52.0 Å². The van der Waals surface area contributed by atoms with Gasteiger partial charge in [-0.15, -0.1) is 11.3 Å². The third-order valence-electron chi connectivity index (χ3n) is 2.90. The smallest absolute Gasteiger partial charge is 0.273 e. The van der Waals surface area contributed by atoms with E-state index in [-0.39, 0.29) is 11.9 Å². The third kappa shape index (κ3) is 3.22. The Hall–Kier alpha value is -2.19. The molecule has 0 fully saturated rings. The molecule has 0 atom stereocenters. The van der Waals surface area contributed by atoms with Crippen molar-refractivity contribution in [2.45, 2.75) is 26.4 Å². The lowest BCUT2D eigenvalue weighted by Crippen LogP contribution is -2.36. The van der Waals surface area contributed by atoms with Crippen LogP contribution in [0.3, 0.4) is 0 Å². The number of amides is 1. The van der Waals surface area contributed by atoms with Gasteiger partial charge >= 0.3 is 0 Å². The summed E-state index contributed by atoms with van der Waals surface area (Å²) in [4.78, 5) is 19.5. The van der Waals surface area contributed by atoms with Gasteiger partial charge in [0.1, 0.15) is 11.8 Å². The average Bonchev–Trinajstić information content (AvgIpc) is 2.97. The van der Waals surface area contributed by atoms with Crippen LogP contribution in [0.5, 0.6) is 0 Å². The lowest BCUT2D eigenvalue weighted by Gasteiger charge is -2.25. The maximum Gasteiger partial charge on any atom is 0.273 e. The van der Waals surface area contributed by atoms with Crippen LogP contribution >= 0.6 is 11.3 Å². The molecule has 0 aliphatic heterocycles. The van der Waals surface area contributed by atoms with E-state index in [4.69, 9.17) is 5.26 Å². The van der Waals surface area contributed by atoms with Crippen LogP contribution in [-0.2, 0) is 6.54 Å². The van der Waals surface area contributed by atoms with Gasteiger partial charge in [-0.3, -0.25) is 4.79 Å². The number of thiophene rings is 1. The van der Waals surface area contributed by atoms with Crippen molar-refractivity contribution < 1.29 is 4.79 Å². The lowest BCUT2D eigenvalue weighted by atomic mass is 10.2. The van der Waals surface area contributed by atoms with Crippen LogP contribution in [0.1, 0.15) is 34.8 Å². The molecule has 0 aliphatic carbocycles. The molecule has 0 saturated heterocycles. The van der Waals surface area contributed by atoms with Crippen LogP contribution in [0, 0.1) is 11.3 Å². The van der Waals surface area contributed by atoms with Gasteiger partial charge in [-0.2, -0.15) is 5.26 Å². The zero-order chi connectivity index (χ0) is 14.5. The summed E-state index contributed by atoms with van der Waals surface area (Å²) in [6.07, 6.45) is 1.43. The molecule has 0 N–H and O–H groups in total. The topological polar surface area (TPSA) is 57.0 Å². The third-order valence-corrected chi connectivity index (χ3v) is 3.76. The lowest BCUT2D eigenvalue weighted by molar-refractivity contribution is 0.0686. The van der Waals surface area contributed by atoms with E-state index in [9.17, 15) is 4.79 Å². The summed E-state index contributed by atoms with van der Waals surface area (Å²) in [6, 6.07) is 9.29. The Morgan fingerprint density at radius 2 is 2.25 bits per heavy atom. The molecule has 0 aliphatic rings. The van der Waals surface area contributed by atoms with Gasteiger partial charge in [0.05, 0.1) is 12.1 Å². The van der Waals surface area contributed by atoms with Crippen molar-refractivity contribution in [3.8, 4) is 6.07 Å². The minimum Gasteiger partial charge on any atom is -0.330 e. The Bertz CT molecular complexity index is 612. The molecule has 4 nitrogen and oxygen atoms in total. The number of pyridine rings is 1. The minimum absolute atomic E-state index is 0.0852. The van der Waals surface area contributed by atoms with Crippen LogP contribution in [0.15, 0.2) is 35.8 Å². The van der Waals surface area contributed by atoms with Crippen LogP contribution in [0.25, 0.3) is 0 Å². The molecule has 0 spiro atoms. The highest BCUT2D eigenvalue weighted by atomic mass is 32.1. The minimum atomic E-state index is -0.113. The zero-order valence-corrected chi connectivity index (χ0v) is 12.2. The van der Waals surface area contributed by atoms with Crippen molar-refractivity contribution in [1.82, 2.24) is 9.88 Å².